The lowest BCUT2D eigenvalue weighted by Gasteiger charge is -2.18. The zero-order valence-corrected chi connectivity index (χ0v) is 19.4. The summed E-state index contributed by atoms with van der Waals surface area (Å²) in [6.07, 6.45) is 2.26. The molecule has 1 aromatic heterocycles. The van der Waals surface area contributed by atoms with Crippen molar-refractivity contribution in [2.24, 2.45) is 7.05 Å². The Kier molecular flexibility index (Phi) is 8.52. The van der Waals surface area contributed by atoms with Gasteiger partial charge in [0.05, 0.1) is 12.4 Å². The lowest BCUT2D eigenvalue weighted by Crippen LogP contribution is -2.28. The van der Waals surface area contributed by atoms with Crippen LogP contribution in [0.3, 0.4) is 0 Å². The smallest absolute Gasteiger partial charge is 0.253 e. The molecule has 0 fully saturated rings. The second-order valence-corrected chi connectivity index (χ2v) is 8.40. The second-order valence-electron chi connectivity index (χ2n) is 7.02. The van der Waals surface area contributed by atoms with Gasteiger partial charge in [0.2, 0.25) is 5.91 Å². The van der Waals surface area contributed by atoms with Crippen molar-refractivity contribution in [1.29, 1.82) is 0 Å². The molecule has 0 aliphatic carbocycles. The number of benzene rings is 2. The number of aromatic nitrogens is 3. The molecule has 3 aromatic rings. The highest BCUT2D eigenvalue weighted by Gasteiger charge is 2.13. The van der Waals surface area contributed by atoms with Crippen LogP contribution in [0.2, 0.25) is 5.02 Å². The Bertz CT molecular complexity index is 1060. The summed E-state index contributed by atoms with van der Waals surface area (Å²) in [5.41, 5.74) is 1.07. The standard InChI is InChI=1S/C22H24ClN5O3S/c1-27(11-4-12-31-19-9-7-17(23)8-10-19)21(30)16-5-3-6-18(13-16)25-20(29)14-32-22-26-24-15-28(22)2/h3,5-10,13,15H,4,11-12,14H2,1-2H3,(H,25,29). The molecule has 2 aromatic carbocycles. The average Bonchev–Trinajstić information content (AvgIpc) is 3.20. The van der Waals surface area contributed by atoms with Gasteiger partial charge in [0.1, 0.15) is 12.1 Å². The normalized spacial score (nSPS) is 10.6. The number of halogens is 1. The maximum atomic E-state index is 12.7. The van der Waals surface area contributed by atoms with Gasteiger partial charge in [-0.05, 0) is 48.9 Å². The quantitative estimate of drug-likeness (QED) is 0.356. The molecule has 1 N–H and O–H groups in total. The number of thioether (sulfide) groups is 1. The Hall–Kier alpha value is -3.04. The number of rotatable bonds is 10. The van der Waals surface area contributed by atoms with E-state index in [1.165, 1.54) is 11.8 Å². The maximum Gasteiger partial charge on any atom is 0.253 e. The minimum Gasteiger partial charge on any atom is -0.494 e. The molecule has 0 saturated carbocycles. The number of nitrogens with one attached hydrogen (secondary N) is 1. The lowest BCUT2D eigenvalue weighted by atomic mass is 10.1. The number of amides is 2. The van der Waals surface area contributed by atoms with E-state index < -0.39 is 0 Å². The van der Waals surface area contributed by atoms with Crippen molar-refractivity contribution >= 4 is 40.9 Å². The van der Waals surface area contributed by atoms with Crippen LogP contribution in [0.5, 0.6) is 5.75 Å². The summed E-state index contributed by atoms with van der Waals surface area (Å²) in [5, 5.41) is 11.8. The molecule has 0 aliphatic rings. The van der Waals surface area contributed by atoms with Gasteiger partial charge in [-0.1, -0.05) is 29.4 Å². The van der Waals surface area contributed by atoms with Gasteiger partial charge < -0.3 is 19.5 Å². The van der Waals surface area contributed by atoms with E-state index in [1.807, 2.05) is 19.2 Å². The summed E-state index contributed by atoms with van der Waals surface area (Å²) in [5.74, 6) is 0.624. The van der Waals surface area contributed by atoms with E-state index in [4.69, 9.17) is 16.3 Å². The molecule has 168 valence electrons. The van der Waals surface area contributed by atoms with Crippen molar-refractivity contribution in [3.05, 3.63) is 65.4 Å². The van der Waals surface area contributed by atoms with Gasteiger partial charge >= 0.3 is 0 Å². The molecule has 0 spiro atoms. The molecule has 0 unspecified atom stereocenters. The Labute approximate surface area is 195 Å². The fraction of sp³-hybridized carbons (Fsp3) is 0.273. The maximum absolute atomic E-state index is 12.7. The van der Waals surface area contributed by atoms with Crippen LogP contribution in [0.15, 0.2) is 60.0 Å². The monoisotopic (exact) mass is 473 g/mol. The Morgan fingerprint density at radius 3 is 2.72 bits per heavy atom. The van der Waals surface area contributed by atoms with Crippen LogP contribution in [-0.4, -0.2) is 57.4 Å². The number of ether oxygens (including phenoxy) is 1. The van der Waals surface area contributed by atoms with Crippen molar-refractivity contribution in [3.63, 3.8) is 0 Å². The van der Waals surface area contributed by atoms with Crippen molar-refractivity contribution in [2.75, 3.05) is 31.3 Å². The molecule has 0 aliphatic heterocycles. The Morgan fingerprint density at radius 2 is 2.00 bits per heavy atom. The molecule has 0 atom stereocenters. The number of nitrogens with zero attached hydrogens (tertiary/aromatic N) is 4. The number of aryl methyl sites for hydroxylation is 1. The molecule has 2 amide bonds. The highest BCUT2D eigenvalue weighted by Crippen LogP contribution is 2.17. The minimum absolute atomic E-state index is 0.124. The van der Waals surface area contributed by atoms with E-state index in [9.17, 15) is 9.59 Å². The first-order valence-electron chi connectivity index (χ1n) is 9.93. The second kappa shape index (κ2) is 11.5. The topological polar surface area (TPSA) is 89.3 Å². The highest BCUT2D eigenvalue weighted by molar-refractivity contribution is 7.99. The van der Waals surface area contributed by atoms with Crippen molar-refractivity contribution in [1.82, 2.24) is 19.7 Å². The summed E-state index contributed by atoms with van der Waals surface area (Å²) in [7, 11) is 3.56. The molecular weight excluding hydrogens is 450 g/mol. The first-order chi connectivity index (χ1) is 15.4. The molecule has 32 heavy (non-hydrogen) atoms. The molecule has 0 bridgehead atoms. The highest BCUT2D eigenvalue weighted by atomic mass is 35.5. The number of hydrogen-bond acceptors (Lipinski definition) is 6. The fourth-order valence-electron chi connectivity index (χ4n) is 2.80. The van der Waals surface area contributed by atoms with E-state index in [0.29, 0.717) is 41.0 Å². The summed E-state index contributed by atoms with van der Waals surface area (Å²) >= 11 is 7.15. The molecule has 10 heteroatoms. The van der Waals surface area contributed by atoms with Gasteiger partial charge in [0, 0.05) is 36.9 Å². The van der Waals surface area contributed by atoms with Crippen LogP contribution in [0, 0.1) is 0 Å². The summed E-state index contributed by atoms with van der Waals surface area (Å²) in [6.45, 7) is 1.02. The summed E-state index contributed by atoms with van der Waals surface area (Å²) in [6, 6.07) is 14.1. The van der Waals surface area contributed by atoms with Crippen molar-refractivity contribution < 1.29 is 14.3 Å². The lowest BCUT2D eigenvalue weighted by molar-refractivity contribution is -0.113. The molecule has 0 saturated heterocycles. The van der Waals surface area contributed by atoms with Crippen LogP contribution in [0.1, 0.15) is 16.8 Å². The van der Waals surface area contributed by atoms with E-state index in [2.05, 4.69) is 15.5 Å². The predicted molar refractivity (Wildman–Crippen MR) is 125 cm³/mol. The third-order valence-corrected chi connectivity index (χ3v) is 5.75. The van der Waals surface area contributed by atoms with Gasteiger partial charge in [0.15, 0.2) is 5.16 Å². The van der Waals surface area contributed by atoms with Crippen LogP contribution in [0.25, 0.3) is 0 Å². The molecule has 1 heterocycles. The van der Waals surface area contributed by atoms with Gasteiger partial charge in [-0.2, -0.15) is 0 Å². The van der Waals surface area contributed by atoms with E-state index in [1.54, 1.807) is 59.2 Å². The Morgan fingerprint density at radius 1 is 1.22 bits per heavy atom. The van der Waals surface area contributed by atoms with E-state index in [-0.39, 0.29) is 17.6 Å². The summed E-state index contributed by atoms with van der Waals surface area (Å²) < 4.78 is 7.40. The Balaban J connectivity index is 1.45. The molecular formula is C22H24ClN5O3S. The molecule has 0 radical (unpaired) electrons. The van der Waals surface area contributed by atoms with Gasteiger partial charge in [-0.25, -0.2) is 0 Å². The first-order valence-corrected chi connectivity index (χ1v) is 11.3. The van der Waals surface area contributed by atoms with Crippen molar-refractivity contribution in [3.8, 4) is 5.75 Å². The largest absolute Gasteiger partial charge is 0.494 e. The average molecular weight is 474 g/mol. The minimum atomic E-state index is -0.185. The van der Waals surface area contributed by atoms with E-state index >= 15 is 0 Å². The van der Waals surface area contributed by atoms with Crippen LogP contribution in [-0.2, 0) is 11.8 Å². The fourth-order valence-corrected chi connectivity index (χ4v) is 3.62. The summed E-state index contributed by atoms with van der Waals surface area (Å²) in [4.78, 5) is 26.6. The van der Waals surface area contributed by atoms with Crippen LogP contribution >= 0.6 is 23.4 Å². The molecule has 8 nitrogen and oxygen atoms in total. The van der Waals surface area contributed by atoms with Crippen LogP contribution < -0.4 is 10.1 Å². The van der Waals surface area contributed by atoms with Gasteiger partial charge in [0.25, 0.3) is 5.91 Å². The van der Waals surface area contributed by atoms with Gasteiger partial charge in [-0.15, -0.1) is 10.2 Å². The van der Waals surface area contributed by atoms with Crippen LogP contribution in [0.4, 0.5) is 5.69 Å². The number of anilines is 1. The number of carbonyl (C=O) groups excluding carboxylic acids is 2. The van der Waals surface area contributed by atoms with Gasteiger partial charge in [-0.3, -0.25) is 9.59 Å². The number of hydrogen-bond donors (Lipinski definition) is 1. The first kappa shape index (κ1) is 23.6. The molecule has 3 rings (SSSR count). The number of carbonyl (C=O) groups is 2. The van der Waals surface area contributed by atoms with E-state index in [0.717, 1.165) is 5.75 Å². The predicted octanol–water partition coefficient (Wildman–Crippen LogP) is 3.74. The SMILES string of the molecule is CN(CCCOc1ccc(Cl)cc1)C(=O)c1cccc(NC(=O)CSc2nncn2C)c1. The zero-order chi connectivity index (χ0) is 22.9. The third kappa shape index (κ3) is 7.00. The third-order valence-electron chi connectivity index (χ3n) is 4.46. The zero-order valence-electron chi connectivity index (χ0n) is 17.8. The van der Waals surface area contributed by atoms with Crippen molar-refractivity contribution in [2.45, 2.75) is 11.6 Å².